The maximum Gasteiger partial charge on any atom is 0.304 e. The second-order valence-electron chi connectivity index (χ2n) is 11.5. The van der Waals surface area contributed by atoms with Crippen LogP contribution in [0.1, 0.15) is 59.5 Å². The van der Waals surface area contributed by atoms with Crippen LogP contribution in [0.5, 0.6) is 11.5 Å². The van der Waals surface area contributed by atoms with Crippen LogP contribution < -0.4 is 9.47 Å². The summed E-state index contributed by atoms with van der Waals surface area (Å²) < 4.78 is 40.7. The van der Waals surface area contributed by atoms with Crippen molar-refractivity contribution < 1.29 is 32.3 Å². The molecule has 0 bridgehead atoms. The van der Waals surface area contributed by atoms with Gasteiger partial charge in [-0.2, -0.15) is 0 Å². The topological polar surface area (TPSA) is 116 Å². The van der Waals surface area contributed by atoms with Gasteiger partial charge in [-0.25, -0.2) is 8.42 Å². The summed E-state index contributed by atoms with van der Waals surface area (Å²) in [5, 5.41) is 13.3. The lowest BCUT2D eigenvalue weighted by atomic mass is 9.92. The van der Waals surface area contributed by atoms with Gasteiger partial charge in [0, 0.05) is 12.0 Å². The van der Waals surface area contributed by atoms with Crippen molar-refractivity contribution in [3.05, 3.63) is 101 Å². The number of ether oxygens (including phenoxy) is 2. The standard InChI is InChI=1S/C34H35NO7S/c36-34(37)20-32(33-12-15-42-35-33)26-6-8-28(9-7-26)40-22-24-4-5-25-2-1-3-27-19-29(10-11-30(27)31(25)18-24)41-21-23-13-16-43(38,39)17-14-23/h4-12,15,18-19,23,32H,1-3,13-14,16-17,20-22H2,(H,36,37)/t32-/m0/s1. The van der Waals surface area contributed by atoms with E-state index in [0.29, 0.717) is 37.5 Å². The van der Waals surface area contributed by atoms with Gasteiger partial charge in [-0.15, -0.1) is 0 Å². The number of aryl methyl sites for hydroxylation is 2. The molecular formula is C34H35NO7S. The van der Waals surface area contributed by atoms with Crippen LogP contribution in [-0.4, -0.2) is 42.8 Å². The molecule has 1 saturated heterocycles. The Morgan fingerprint density at radius 2 is 1.67 bits per heavy atom. The maximum absolute atomic E-state index is 11.7. The molecule has 43 heavy (non-hydrogen) atoms. The van der Waals surface area contributed by atoms with E-state index < -0.39 is 21.7 Å². The average Bonchev–Trinajstić information content (AvgIpc) is 3.48. The zero-order valence-electron chi connectivity index (χ0n) is 23.9. The highest BCUT2D eigenvalue weighted by Gasteiger charge is 2.24. The van der Waals surface area contributed by atoms with Gasteiger partial charge in [0.25, 0.3) is 0 Å². The molecule has 8 nitrogen and oxygen atoms in total. The molecule has 1 atom stereocenters. The molecule has 0 spiro atoms. The number of nitrogens with zero attached hydrogens (tertiary/aromatic N) is 1. The average molecular weight is 602 g/mol. The van der Waals surface area contributed by atoms with Crippen molar-refractivity contribution in [2.24, 2.45) is 5.92 Å². The third-order valence-corrected chi connectivity index (χ3v) is 10.2. The Morgan fingerprint density at radius 1 is 0.907 bits per heavy atom. The van der Waals surface area contributed by atoms with Crippen LogP contribution in [0.2, 0.25) is 0 Å². The SMILES string of the molecule is O=C(O)C[C@@H](c1ccc(OCc2ccc3c(c2)-c2ccc(OCC4CCS(=O)(=O)CC4)cc2CCC3)cc1)c1ccon1. The van der Waals surface area contributed by atoms with E-state index in [-0.39, 0.29) is 23.8 Å². The van der Waals surface area contributed by atoms with E-state index in [1.807, 2.05) is 30.3 Å². The molecule has 2 heterocycles. The van der Waals surface area contributed by atoms with Gasteiger partial charge < -0.3 is 19.1 Å². The zero-order valence-corrected chi connectivity index (χ0v) is 24.7. The first kappa shape index (κ1) is 29.0. The number of fused-ring (bicyclic) bond motifs is 3. The van der Waals surface area contributed by atoms with E-state index in [4.69, 9.17) is 14.0 Å². The summed E-state index contributed by atoms with van der Waals surface area (Å²) in [7, 11) is -2.87. The van der Waals surface area contributed by atoms with E-state index in [1.54, 1.807) is 6.07 Å². The summed E-state index contributed by atoms with van der Waals surface area (Å²) in [5.41, 5.74) is 7.50. The molecule has 0 unspecified atom stereocenters. The maximum atomic E-state index is 11.7. The molecule has 3 aromatic carbocycles. The van der Waals surface area contributed by atoms with E-state index in [1.165, 1.54) is 28.5 Å². The van der Waals surface area contributed by atoms with Crippen molar-refractivity contribution in [3.8, 4) is 22.6 Å². The van der Waals surface area contributed by atoms with E-state index in [9.17, 15) is 18.3 Å². The lowest BCUT2D eigenvalue weighted by molar-refractivity contribution is -0.137. The Bertz CT molecular complexity index is 1670. The number of sulfone groups is 1. The van der Waals surface area contributed by atoms with Gasteiger partial charge in [-0.1, -0.05) is 35.5 Å². The number of carboxylic acids is 1. The van der Waals surface area contributed by atoms with Crippen molar-refractivity contribution in [3.63, 3.8) is 0 Å². The first-order valence-electron chi connectivity index (χ1n) is 14.8. The number of benzene rings is 3. The van der Waals surface area contributed by atoms with Crippen molar-refractivity contribution in [2.45, 2.75) is 51.0 Å². The number of carboxylic acid groups (broad SMARTS) is 1. The van der Waals surface area contributed by atoms with Crippen LogP contribution in [0, 0.1) is 5.92 Å². The molecule has 0 amide bonds. The predicted octanol–water partition coefficient (Wildman–Crippen LogP) is 6.22. The van der Waals surface area contributed by atoms with Gasteiger partial charge in [0.15, 0.2) is 0 Å². The monoisotopic (exact) mass is 601 g/mol. The predicted molar refractivity (Wildman–Crippen MR) is 162 cm³/mol. The molecule has 1 aliphatic carbocycles. The van der Waals surface area contributed by atoms with Crippen molar-refractivity contribution in [1.82, 2.24) is 5.16 Å². The summed E-state index contributed by atoms with van der Waals surface area (Å²) in [5.74, 6) is 1.04. The van der Waals surface area contributed by atoms with Gasteiger partial charge in [0.1, 0.15) is 34.2 Å². The van der Waals surface area contributed by atoms with E-state index >= 15 is 0 Å². The molecular weight excluding hydrogens is 566 g/mol. The fourth-order valence-corrected chi connectivity index (χ4v) is 7.62. The zero-order chi connectivity index (χ0) is 29.8. The van der Waals surface area contributed by atoms with Crippen LogP contribution in [0.25, 0.3) is 11.1 Å². The smallest absolute Gasteiger partial charge is 0.304 e. The second kappa shape index (κ2) is 12.6. The lowest BCUT2D eigenvalue weighted by Gasteiger charge is -2.22. The highest BCUT2D eigenvalue weighted by Crippen LogP contribution is 2.36. The van der Waals surface area contributed by atoms with Crippen molar-refractivity contribution >= 4 is 15.8 Å². The Kier molecular flexibility index (Phi) is 8.51. The highest BCUT2D eigenvalue weighted by atomic mass is 32.2. The molecule has 0 saturated carbocycles. The molecule has 4 aromatic rings. The Morgan fingerprint density at radius 3 is 2.42 bits per heavy atom. The van der Waals surface area contributed by atoms with Crippen LogP contribution in [0.4, 0.5) is 0 Å². The summed E-state index contributed by atoms with van der Waals surface area (Å²) >= 11 is 0. The Balaban J connectivity index is 1.12. The number of hydrogen-bond donors (Lipinski definition) is 1. The summed E-state index contributed by atoms with van der Waals surface area (Å²) in [6, 6.07) is 22.0. The molecule has 6 rings (SSSR count). The first-order valence-corrected chi connectivity index (χ1v) is 16.6. The third-order valence-electron chi connectivity index (χ3n) is 8.47. The minimum absolute atomic E-state index is 0.0795. The Hall–Kier alpha value is -4.11. The lowest BCUT2D eigenvalue weighted by Crippen LogP contribution is -2.26. The van der Waals surface area contributed by atoms with Gasteiger partial charge in [-0.3, -0.25) is 4.79 Å². The van der Waals surface area contributed by atoms with E-state index in [0.717, 1.165) is 36.1 Å². The number of aromatic nitrogens is 1. The summed E-state index contributed by atoms with van der Waals surface area (Å²) in [6.07, 6.45) is 5.74. The van der Waals surface area contributed by atoms with Crippen molar-refractivity contribution in [2.75, 3.05) is 18.1 Å². The molecule has 9 heteroatoms. The largest absolute Gasteiger partial charge is 0.493 e. The fraction of sp³-hybridized carbons (Fsp3) is 0.353. The Labute approximate surface area is 251 Å². The van der Waals surface area contributed by atoms with E-state index in [2.05, 4.69) is 35.5 Å². The number of rotatable bonds is 10. The van der Waals surface area contributed by atoms with Crippen LogP contribution in [-0.2, 0) is 34.1 Å². The van der Waals surface area contributed by atoms with Gasteiger partial charge >= 0.3 is 5.97 Å². The number of hydrogen-bond acceptors (Lipinski definition) is 7. The number of carbonyl (C=O) groups is 1. The summed E-state index contributed by atoms with van der Waals surface area (Å²) in [4.78, 5) is 11.4. The van der Waals surface area contributed by atoms with Crippen LogP contribution in [0.15, 0.2) is 77.5 Å². The molecule has 1 fully saturated rings. The minimum atomic E-state index is -2.87. The molecule has 1 N–H and O–H groups in total. The van der Waals surface area contributed by atoms with Gasteiger partial charge in [0.2, 0.25) is 0 Å². The molecule has 224 valence electrons. The summed E-state index contributed by atoms with van der Waals surface area (Å²) in [6.45, 7) is 0.954. The highest BCUT2D eigenvalue weighted by molar-refractivity contribution is 7.91. The van der Waals surface area contributed by atoms with Crippen LogP contribution in [0.3, 0.4) is 0 Å². The van der Waals surface area contributed by atoms with Gasteiger partial charge in [0.05, 0.1) is 30.2 Å². The quantitative estimate of drug-likeness (QED) is 0.228. The molecule has 0 radical (unpaired) electrons. The number of aliphatic carboxylic acids is 1. The first-order chi connectivity index (χ1) is 20.8. The minimum Gasteiger partial charge on any atom is -0.493 e. The molecule has 1 aromatic heterocycles. The fourth-order valence-electron chi connectivity index (χ4n) is 6.03. The normalized spacial score (nSPS) is 16.8. The van der Waals surface area contributed by atoms with Crippen LogP contribution >= 0.6 is 0 Å². The van der Waals surface area contributed by atoms with Gasteiger partial charge in [-0.05, 0) is 102 Å². The molecule has 1 aliphatic heterocycles. The third kappa shape index (κ3) is 7.10. The second-order valence-corrected chi connectivity index (χ2v) is 13.8. The molecule has 2 aliphatic rings. The van der Waals surface area contributed by atoms with Crippen molar-refractivity contribution in [1.29, 1.82) is 0 Å².